The Kier molecular flexibility index (Phi) is 2.99. The molecule has 0 heterocycles. The van der Waals surface area contributed by atoms with Crippen molar-refractivity contribution < 1.29 is 14.3 Å². The molecule has 3 heteroatoms. The predicted octanol–water partition coefficient (Wildman–Crippen LogP) is 2.97. The Labute approximate surface area is 115 Å². The van der Waals surface area contributed by atoms with Crippen LogP contribution in [0.2, 0.25) is 0 Å². The van der Waals surface area contributed by atoms with Crippen LogP contribution in [0.15, 0.2) is 0 Å². The van der Waals surface area contributed by atoms with E-state index < -0.39 is 0 Å². The second kappa shape index (κ2) is 4.32. The van der Waals surface area contributed by atoms with E-state index in [0.29, 0.717) is 17.6 Å². The molecule has 0 aromatic carbocycles. The molecule has 0 atom stereocenters. The van der Waals surface area contributed by atoms with Crippen LogP contribution in [0.5, 0.6) is 0 Å². The fourth-order valence-electron chi connectivity index (χ4n) is 4.19. The Bertz CT molecular complexity index is 378. The normalized spacial score (nSPS) is 40.6. The molecule has 106 valence electrons. The maximum absolute atomic E-state index is 12.3. The lowest BCUT2D eigenvalue weighted by atomic mass is 9.54. The second-order valence-electron chi connectivity index (χ2n) is 7.37. The molecule has 3 nitrogen and oxygen atoms in total. The highest BCUT2D eigenvalue weighted by molar-refractivity contribution is 5.85. The van der Waals surface area contributed by atoms with Crippen molar-refractivity contribution in [3.05, 3.63) is 0 Å². The predicted molar refractivity (Wildman–Crippen MR) is 71.4 cm³/mol. The van der Waals surface area contributed by atoms with Gasteiger partial charge in [0.2, 0.25) is 0 Å². The van der Waals surface area contributed by atoms with Crippen LogP contribution in [-0.4, -0.2) is 17.9 Å². The molecular weight excluding hydrogens is 240 g/mol. The van der Waals surface area contributed by atoms with Gasteiger partial charge in [-0.1, -0.05) is 6.92 Å². The molecule has 0 saturated heterocycles. The number of hydrogen-bond donors (Lipinski definition) is 0. The maximum atomic E-state index is 12.3. The van der Waals surface area contributed by atoms with E-state index in [-0.39, 0.29) is 29.3 Å². The molecule has 0 aromatic heterocycles. The monoisotopic (exact) mass is 264 g/mol. The van der Waals surface area contributed by atoms with Crippen molar-refractivity contribution in [1.82, 2.24) is 0 Å². The number of ketones is 1. The van der Waals surface area contributed by atoms with Gasteiger partial charge in [-0.2, -0.15) is 0 Å². The van der Waals surface area contributed by atoms with E-state index >= 15 is 0 Å². The van der Waals surface area contributed by atoms with Gasteiger partial charge in [0, 0.05) is 11.8 Å². The molecule has 0 unspecified atom stereocenters. The van der Waals surface area contributed by atoms with Gasteiger partial charge >= 0.3 is 5.97 Å². The number of rotatable bonds is 3. The summed E-state index contributed by atoms with van der Waals surface area (Å²) in [5.74, 6) is 1.87. The minimum Gasteiger partial charge on any atom is -0.461 e. The number of carbonyl (C=O) groups excluding carboxylic acids is 2. The van der Waals surface area contributed by atoms with Gasteiger partial charge in [-0.15, -0.1) is 0 Å². The average molecular weight is 264 g/mol. The van der Waals surface area contributed by atoms with Crippen LogP contribution < -0.4 is 0 Å². The van der Waals surface area contributed by atoms with Crippen LogP contribution in [0.4, 0.5) is 0 Å². The summed E-state index contributed by atoms with van der Waals surface area (Å²) in [6.45, 7) is 5.93. The molecule has 4 aliphatic carbocycles. The minimum absolute atomic E-state index is 0.0567. The third-order valence-corrected chi connectivity index (χ3v) is 5.76. The summed E-state index contributed by atoms with van der Waals surface area (Å²) < 4.78 is 5.87. The third kappa shape index (κ3) is 2.02. The largest absolute Gasteiger partial charge is 0.461 e. The van der Waals surface area contributed by atoms with E-state index in [1.165, 1.54) is 0 Å². The Balaban J connectivity index is 1.71. The van der Waals surface area contributed by atoms with Crippen LogP contribution in [0.1, 0.15) is 52.9 Å². The van der Waals surface area contributed by atoms with Crippen LogP contribution in [0, 0.1) is 29.1 Å². The van der Waals surface area contributed by atoms with Gasteiger partial charge in [0.25, 0.3) is 0 Å². The molecule has 0 amide bonds. The number of esters is 1. The van der Waals surface area contributed by atoms with Crippen molar-refractivity contribution in [1.29, 1.82) is 0 Å². The van der Waals surface area contributed by atoms with Crippen molar-refractivity contribution in [3.8, 4) is 0 Å². The SMILES string of the molecule is CCC(C)(C)C(=O)OC1C2CC3CC1CC(C2)C3=O. The lowest BCUT2D eigenvalue weighted by Gasteiger charge is -2.52. The van der Waals surface area contributed by atoms with Crippen molar-refractivity contribution >= 4 is 11.8 Å². The Hall–Kier alpha value is -0.860. The number of hydrogen-bond acceptors (Lipinski definition) is 3. The van der Waals surface area contributed by atoms with Gasteiger partial charge in [0.1, 0.15) is 11.9 Å². The molecule has 0 spiro atoms. The molecular formula is C16H24O3. The van der Waals surface area contributed by atoms with Gasteiger partial charge in [0.15, 0.2) is 0 Å². The zero-order valence-corrected chi connectivity index (χ0v) is 12.1. The summed E-state index contributed by atoms with van der Waals surface area (Å²) in [6.07, 6.45) is 4.70. The van der Waals surface area contributed by atoms with E-state index in [0.717, 1.165) is 32.1 Å². The third-order valence-electron chi connectivity index (χ3n) is 5.76. The Morgan fingerprint density at radius 1 is 1.16 bits per heavy atom. The lowest BCUT2D eigenvalue weighted by Crippen LogP contribution is -2.54. The molecule has 0 radical (unpaired) electrons. The van der Waals surface area contributed by atoms with Crippen molar-refractivity contribution in [2.45, 2.75) is 59.0 Å². The zero-order chi connectivity index (χ0) is 13.8. The standard InChI is InChI=1S/C16H24O3/c1-4-16(2,3)15(18)19-14-11-5-9-6-12(14)8-10(7-11)13(9)17/h9-12,14H,4-8H2,1-3H3. The van der Waals surface area contributed by atoms with Crippen molar-refractivity contribution in [2.24, 2.45) is 29.1 Å². The molecule has 4 fully saturated rings. The summed E-state index contributed by atoms with van der Waals surface area (Å²) in [6, 6.07) is 0. The quantitative estimate of drug-likeness (QED) is 0.736. The first-order valence-electron chi connectivity index (χ1n) is 7.67. The van der Waals surface area contributed by atoms with Gasteiger partial charge in [-0.05, 0) is 57.8 Å². The summed E-state index contributed by atoms with van der Waals surface area (Å²) in [4.78, 5) is 24.3. The van der Waals surface area contributed by atoms with Gasteiger partial charge in [-0.3, -0.25) is 9.59 Å². The molecule has 4 bridgehead atoms. The number of carbonyl (C=O) groups is 2. The molecule has 19 heavy (non-hydrogen) atoms. The maximum Gasteiger partial charge on any atom is 0.311 e. The molecule has 0 aromatic rings. The van der Waals surface area contributed by atoms with Gasteiger partial charge < -0.3 is 4.74 Å². The molecule has 4 rings (SSSR count). The highest BCUT2D eigenvalue weighted by Crippen LogP contribution is 2.53. The fraction of sp³-hybridized carbons (Fsp3) is 0.875. The first kappa shape index (κ1) is 13.1. The average Bonchev–Trinajstić information content (AvgIpc) is 2.36. The summed E-state index contributed by atoms with van der Waals surface area (Å²) in [5, 5.41) is 0. The highest BCUT2D eigenvalue weighted by Gasteiger charge is 2.54. The van der Waals surface area contributed by atoms with Gasteiger partial charge in [-0.25, -0.2) is 0 Å². The van der Waals surface area contributed by atoms with E-state index in [4.69, 9.17) is 4.74 Å². The first-order chi connectivity index (χ1) is 8.92. The first-order valence-corrected chi connectivity index (χ1v) is 7.67. The smallest absolute Gasteiger partial charge is 0.311 e. The van der Waals surface area contributed by atoms with Crippen LogP contribution in [0.3, 0.4) is 0 Å². The van der Waals surface area contributed by atoms with Crippen LogP contribution in [0.25, 0.3) is 0 Å². The van der Waals surface area contributed by atoms with Crippen LogP contribution in [-0.2, 0) is 14.3 Å². The number of ether oxygens (including phenoxy) is 1. The van der Waals surface area contributed by atoms with E-state index in [9.17, 15) is 9.59 Å². The molecule has 0 aliphatic heterocycles. The minimum atomic E-state index is -0.384. The Morgan fingerprint density at radius 2 is 1.63 bits per heavy atom. The van der Waals surface area contributed by atoms with Gasteiger partial charge in [0.05, 0.1) is 5.41 Å². The number of Topliss-reactive ketones (excluding diaryl/α,β-unsaturated/α-hetero) is 1. The molecule has 4 aliphatic rings. The molecule has 0 N–H and O–H groups in total. The second-order valence-corrected chi connectivity index (χ2v) is 7.37. The lowest BCUT2D eigenvalue weighted by molar-refractivity contribution is -0.182. The van der Waals surface area contributed by atoms with E-state index in [1.54, 1.807) is 0 Å². The Morgan fingerprint density at radius 3 is 2.05 bits per heavy atom. The van der Waals surface area contributed by atoms with Crippen molar-refractivity contribution in [3.63, 3.8) is 0 Å². The highest BCUT2D eigenvalue weighted by atomic mass is 16.5. The summed E-state index contributed by atoms with van der Waals surface area (Å²) in [7, 11) is 0. The molecule has 4 saturated carbocycles. The van der Waals surface area contributed by atoms with E-state index in [2.05, 4.69) is 0 Å². The fourth-order valence-corrected chi connectivity index (χ4v) is 4.19. The zero-order valence-electron chi connectivity index (χ0n) is 12.1. The summed E-state index contributed by atoms with van der Waals surface area (Å²) in [5.41, 5.74) is -0.384. The van der Waals surface area contributed by atoms with Crippen molar-refractivity contribution in [2.75, 3.05) is 0 Å². The van der Waals surface area contributed by atoms with E-state index in [1.807, 2.05) is 20.8 Å². The topological polar surface area (TPSA) is 43.4 Å². The van der Waals surface area contributed by atoms with Crippen LogP contribution >= 0.6 is 0 Å². The summed E-state index contributed by atoms with van der Waals surface area (Å²) >= 11 is 0.